The number of amides is 2. The highest BCUT2D eigenvalue weighted by atomic mass is 19.4. The van der Waals surface area contributed by atoms with Gasteiger partial charge in [-0.2, -0.15) is 13.2 Å². The summed E-state index contributed by atoms with van der Waals surface area (Å²) in [5.74, 6) is -1.17. The van der Waals surface area contributed by atoms with Gasteiger partial charge in [-0.1, -0.05) is 20.8 Å². The summed E-state index contributed by atoms with van der Waals surface area (Å²) >= 11 is 0. The van der Waals surface area contributed by atoms with E-state index in [0.717, 1.165) is 12.1 Å². The molecule has 9 heteroatoms. The van der Waals surface area contributed by atoms with E-state index in [1.54, 1.807) is 13.0 Å². The van der Waals surface area contributed by atoms with Gasteiger partial charge in [0.1, 0.15) is 6.54 Å². The second kappa shape index (κ2) is 8.81. The van der Waals surface area contributed by atoms with Crippen LogP contribution in [0, 0.1) is 0 Å². The van der Waals surface area contributed by atoms with Crippen LogP contribution in [0.15, 0.2) is 36.7 Å². The molecule has 0 aliphatic carbocycles. The first kappa shape index (κ1) is 21.3. The molecule has 0 saturated heterocycles. The smallest absolute Gasteiger partial charge is 0.329 e. The van der Waals surface area contributed by atoms with Crippen LogP contribution in [0.25, 0.3) is 0 Å². The molecule has 0 radical (unpaired) electrons. The lowest BCUT2D eigenvalue weighted by atomic mass is 9.89. The molecule has 150 valence electrons. The zero-order chi connectivity index (χ0) is 20.9. The molecule has 1 aromatic carbocycles. The van der Waals surface area contributed by atoms with E-state index in [4.69, 9.17) is 0 Å². The van der Waals surface area contributed by atoms with Gasteiger partial charge in [0.25, 0.3) is 5.91 Å². The molecule has 1 N–H and O–H groups in total. The van der Waals surface area contributed by atoms with E-state index in [2.05, 4.69) is 15.3 Å². The molecule has 2 amide bonds. The number of nitrogens with one attached hydrogen (secondary N) is 1. The summed E-state index contributed by atoms with van der Waals surface area (Å²) in [6.07, 6.45) is -1.54. The van der Waals surface area contributed by atoms with E-state index in [-0.39, 0.29) is 30.5 Å². The minimum absolute atomic E-state index is 0.116. The molecule has 0 saturated carbocycles. The van der Waals surface area contributed by atoms with Crippen LogP contribution in [0.1, 0.15) is 48.2 Å². The molecule has 1 atom stereocenters. The van der Waals surface area contributed by atoms with Crippen molar-refractivity contribution in [3.05, 3.63) is 53.3 Å². The van der Waals surface area contributed by atoms with Crippen LogP contribution in [-0.2, 0) is 11.0 Å². The maximum absolute atomic E-state index is 12.9. The lowest BCUT2D eigenvalue weighted by Gasteiger charge is -2.32. The monoisotopic (exact) mass is 394 g/mol. The third-order valence-electron chi connectivity index (χ3n) is 4.07. The Balaban J connectivity index is 0.00000136. The Hall–Kier alpha value is -2.97. The van der Waals surface area contributed by atoms with Gasteiger partial charge in [0.15, 0.2) is 0 Å². The van der Waals surface area contributed by atoms with Crippen LogP contribution in [0.2, 0.25) is 0 Å². The van der Waals surface area contributed by atoms with Gasteiger partial charge in [0.2, 0.25) is 11.9 Å². The Kier molecular flexibility index (Phi) is 6.71. The highest BCUT2D eigenvalue weighted by molar-refractivity contribution is 6.00. The number of carbonyl (C=O) groups is 2. The number of nitrogens with zero attached hydrogens (tertiary/aromatic N) is 3. The molecule has 1 aliphatic rings. The normalized spacial score (nSPS) is 16.0. The number of hydrogen-bond donors (Lipinski definition) is 1. The van der Waals surface area contributed by atoms with Crippen molar-refractivity contribution in [3.8, 4) is 0 Å². The van der Waals surface area contributed by atoms with Gasteiger partial charge < -0.3 is 4.90 Å². The lowest BCUT2D eigenvalue weighted by Crippen LogP contribution is -2.43. The molecular weight excluding hydrogens is 373 g/mol. The minimum atomic E-state index is -4.47. The largest absolute Gasteiger partial charge is 0.416 e. The summed E-state index contributed by atoms with van der Waals surface area (Å²) in [4.78, 5) is 33.7. The molecule has 2 aromatic rings. The van der Waals surface area contributed by atoms with Gasteiger partial charge in [0, 0.05) is 24.5 Å². The number of rotatable bonds is 3. The van der Waals surface area contributed by atoms with Crippen LogP contribution < -0.4 is 5.32 Å². The van der Waals surface area contributed by atoms with Crippen LogP contribution in [0.5, 0.6) is 0 Å². The second-order valence-corrected chi connectivity index (χ2v) is 6.01. The van der Waals surface area contributed by atoms with Crippen molar-refractivity contribution >= 4 is 17.8 Å². The number of halogens is 3. The summed E-state index contributed by atoms with van der Waals surface area (Å²) in [6, 6.07) is 4.65. The Labute approximate surface area is 160 Å². The molecule has 3 rings (SSSR count). The van der Waals surface area contributed by atoms with Crippen molar-refractivity contribution in [2.75, 3.05) is 18.4 Å². The van der Waals surface area contributed by atoms with Gasteiger partial charge in [-0.25, -0.2) is 9.97 Å². The lowest BCUT2D eigenvalue weighted by molar-refractivity contribution is -0.137. The zero-order valence-corrected chi connectivity index (χ0v) is 15.7. The van der Waals surface area contributed by atoms with Gasteiger partial charge in [-0.05, 0) is 35.7 Å². The van der Waals surface area contributed by atoms with E-state index in [0.29, 0.717) is 5.56 Å². The molecule has 6 nitrogen and oxygen atoms in total. The van der Waals surface area contributed by atoms with Crippen LogP contribution >= 0.6 is 0 Å². The van der Waals surface area contributed by atoms with Crippen LogP contribution in [-0.4, -0.2) is 39.8 Å². The molecule has 0 fully saturated rings. The fourth-order valence-corrected chi connectivity index (χ4v) is 2.86. The average Bonchev–Trinajstić information content (AvgIpc) is 2.67. The molecule has 1 aliphatic heterocycles. The zero-order valence-electron chi connectivity index (χ0n) is 15.7. The van der Waals surface area contributed by atoms with Crippen molar-refractivity contribution in [3.63, 3.8) is 0 Å². The van der Waals surface area contributed by atoms with Crippen molar-refractivity contribution in [2.24, 2.45) is 0 Å². The number of anilines is 1. The fraction of sp³-hybridized carbons (Fsp3) is 0.368. The topological polar surface area (TPSA) is 75.2 Å². The number of hydrogen-bond acceptors (Lipinski definition) is 4. The Bertz CT molecular complexity index is 841. The first-order chi connectivity index (χ1) is 13.3. The molecule has 0 unspecified atom stereocenters. The maximum atomic E-state index is 12.9. The van der Waals surface area contributed by atoms with Crippen molar-refractivity contribution in [1.29, 1.82) is 0 Å². The highest BCUT2D eigenvalue weighted by Crippen LogP contribution is 2.35. The maximum Gasteiger partial charge on any atom is 0.416 e. The molecule has 2 heterocycles. The molecule has 0 spiro atoms. The Morgan fingerprint density at radius 1 is 1.25 bits per heavy atom. The number of benzene rings is 1. The first-order valence-electron chi connectivity index (χ1n) is 8.83. The SMILES string of the molecule is CC.C[C@@H]1CN(CC(=O)Nc2ncccn2)C(=O)c2ccc(C(F)(F)F)cc21. The summed E-state index contributed by atoms with van der Waals surface area (Å²) in [5.41, 5.74) is -0.267. The summed E-state index contributed by atoms with van der Waals surface area (Å²) in [6.45, 7) is 5.63. The van der Waals surface area contributed by atoms with Gasteiger partial charge in [0.05, 0.1) is 5.56 Å². The first-order valence-corrected chi connectivity index (χ1v) is 8.83. The van der Waals surface area contributed by atoms with Crippen molar-refractivity contribution < 1.29 is 22.8 Å². The van der Waals surface area contributed by atoms with E-state index in [9.17, 15) is 22.8 Å². The van der Waals surface area contributed by atoms with Crippen LogP contribution in [0.4, 0.5) is 19.1 Å². The summed E-state index contributed by atoms with van der Waals surface area (Å²) in [7, 11) is 0. The number of alkyl halides is 3. The summed E-state index contributed by atoms with van der Waals surface area (Å²) < 4.78 is 38.6. The summed E-state index contributed by atoms with van der Waals surface area (Å²) in [5, 5.41) is 2.47. The molecule has 0 bridgehead atoms. The van der Waals surface area contributed by atoms with Gasteiger partial charge in [-0.15, -0.1) is 0 Å². The van der Waals surface area contributed by atoms with Crippen molar-refractivity contribution in [2.45, 2.75) is 32.9 Å². The van der Waals surface area contributed by atoms with E-state index in [1.165, 1.54) is 23.4 Å². The van der Waals surface area contributed by atoms with E-state index in [1.807, 2.05) is 13.8 Å². The minimum Gasteiger partial charge on any atom is -0.329 e. The van der Waals surface area contributed by atoms with Gasteiger partial charge >= 0.3 is 6.18 Å². The predicted molar refractivity (Wildman–Crippen MR) is 97.8 cm³/mol. The van der Waals surface area contributed by atoms with Gasteiger partial charge in [-0.3, -0.25) is 14.9 Å². The average molecular weight is 394 g/mol. The van der Waals surface area contributed by atoms with E-state index < -0.39 is 23.6 Å². The third kappa shape index (κ3) is 4.85. The van der Waals surface area contributed by atoms with Crippen LogP contribution in [0.3, 0.4) is 0 Å². The van der Waals surface area contributed by atoms with Crippen molar-refractivity contribution in [1.82, 2.24) is 14.9 Å². The predicted octanol–water partition coefficient (Wildman–Crippen LogP) is 3.72. The van der Waals surface area contributed by atoms with E-state index >= 15 is 0 Å². The quantitative estimate of drug-likeness (QED) is 0.861. The number of carbonyl (C=O) groups excluding carboxylic acids is 2. The molecular formula is C19H21F3N4O2. The molecule has 1 aromatic heterocycles. The molecule has 28 heavy (non-hydrogen) atoms. The highest BCUT2D eigenvalue weighted by Gasteiger charge is 2.35. The number of fused-ring (bicyclic) bond motifs is 1. The Morgan fingerprint density at radius 2 is 1.89 bits per heavy atom. The fourth-order valence-electron chi connectivity index (χ4n) is 2.86. The number of aromatic nitrogens is 2. The standard InChI is InChI=1S/C17H15F3N4O2.C2H6/c1-10-8-24(9-14(25)23-16-21-5-2-6-22-16)15(26)12-4-3-11(7-13(10)12)17(18,19)20;1-2/h2-7,10H,8-9H2,1H3,(H,21,22,23,25);1-2H3/t10-;/m1./s1. The second-order valence-electron chi connectivity index (χ2n) is 6.01. The third-order valence-corrected chi connectivity index (χ3v) is 4.07. The Morgan fingerprint density at radius 3 is 2.50 bits per heavy atom.